The van der Waals surface area contributed by atoms with E-state index in [2.05, 4.69) is 33.6 Å². The van der Waals surface area contributed by atoms with Crippen molar-refractivity contribution in [2.75, 3.05) is 0 Å². The van der Waals surface area contributed by atoms with Crippen molar-refractivity contribution in [1.29, 1.82) is 0 Å². The average molecular weight is 411 g/mol. The predicted octanol–water partition coefficient (Wildman–Crippen LogP) is 5.08. The highest BCUT2D eigenvalue weighted by atomic mass is 32.1. The largest absolute Gasteiger partial charge is 0.348 e. The Kier molecular flexibility index (Phi) is 4.83. The summed E-state index contributed by atoms with van der Waals surface area (Å²) in [5.41, 5.74) is 4.74. The van der Waals surface area contributed by atoms with E-state index < -0.39 is 0 Å². The number of carbonyl (C=O) groups is 1. The maximum atomic E-state index is 12.7. The fourth-order valence-electron chi connectivity index (χ4n) is 3.35. The molecule has 0 aliphatic carbocycles. The van der Waals surface area contributed by atoms with Crippen LogP contribution in [0.15, 0.2) is 91.3 Å². The van der Waals surface area contributed by atoms with Crippen LogP contribution >= 0.6 is 11.3 Å². The minimum atomic E-state index is -0.162. The van der Waals surface area contributed by atoms with Crippen molar-refractivity contribution in [2.45, 2.75) is 6.54 Å². The molecule has 2 aromatic heterocycles. The monoisotopic (exact) mass is 410 g/mol. The first-order valence-electron chi connectivity index (χ1n) is 9.60. The van der Waals surface area contributed by atoms with Gasteiger partial charge in [0.2, 0.25) is 5.13 Å². The third kappa shape index (κ3) is 3.60. The lowest BCUT2D eigenvalue weighted by Gasteiger charge is -2.10. The van der Waals surface area contributed by atoms with Crippen LogP contribution in [0.5, 0.6) is 0 Å². The van der Waals surface area contributed by atoms with Gasteiger partial charge in [-0.15, -0.1) is 0 Å². The Morgan fingerprint density at radius 1 is 0.933 bits per heavy atom. The summed E-state index contributed by atoms with van der Waals surface area (Å²) in [6.45, 7) is 0.441. The van der Waals surface area contributed by atoms with Gasteiger partial charge in [-0.25, -0.2) is 9.67 Å². The van der Waals surface area contributed by atoms with Crippen LogP contribution in [0.4, 0.5) is 0 Å². The molecule has 1 amide bonds. The number of rotatable bonds is 5. The maximum Gasteiger partial charge on any atom is 0.254 e. The third-order valence-corrected chi connectivity index (χ3v) is 5.89. The van der Waals surface area contributed by atoms with Crippen LogP contribution < -0.4 is 5.32 Å². The molecule has 0 fully saturated rings. The minimum Gasteiger partial charge on any atom is -0.348 e. The van der Waals surface area contributed by atoms with Gasteiger partial charge in [-0.2, -0.15) is 5.10 Å². The van der Waals surface area contributed by atoms with E-state index in [-0.39, 0.29) is 5.91 Å². The molecular weight excluding hydrogens is 392 g/mol. The van der Waals surface area contributed by atoms with Crippen LogP contribution in [0.25, 0.3) is 26.5 Å². The van der Waals surface area contributed by atoms with Crippen molar-refractivity contribution in [3.63, 3.8) is 0 Å². The highest BCUT2D eigenvalue weighted by Crippen LogP contribution is 2.25. The van der Waals surface area contributed by atoms with E-state index >= 15 is 0 Å². The molecule has 2 heterocycles. The molecular formula is C24H18N4OS. The molecule has 0 unspecified atom stereocenters. The van der Waals surface area contributed by atoms with Crippen LogP contribution in [-0.4, -0.2) is 20.7 Å². The van der Waals surface area contributed by atoms with Crippen LogP contribution in [0.3, 0.4) is 0 Å². The SMILES string of the molecule is O=C(NCc1ccccc1-c1ccccc1)c1cnn(-c2nc3ccccc3s2)c1. The summed E-state index contributed by atoms with van der Waals surface area (Å²) in [6, 6.07) is 26.2. The number of hydrogen-bond acceptors (Lipinski definition) is 4. The van der Waals surface area contributed by atoms with Gasteiger partial charge in [0.05, 0.1) is 22.0 Å². The molecule has 30 heavy (non-hydrogen) atoms. The number of benzene rings is 3. The third-order valence-electron chi connectivity index (χ3n) is 4.86. The number of nitrogens with zero attached hydrogens (tertiary/aromatic N) is 3. The number of thiazole rings is 1. The Hall–Kier alpha value is -3.77. The van der Waals surface area contributed by atoms with E-state index in [1.165, 1.54) is 0 Å². The molecule has 0 spiro atoms. The number of fused-ring (bicyclic) bond motifs is 1. The van der Waals surface area contributed by atoms with Gasteiger partial charge >= 0.3 is 0 Å². The van der Waals surface area contributed by atoms with Crippen molar-refractivity contribution < 1.29 is 4.79 Å². The molecule has 146 valence electrons. The van der Waals surface area contributed by atoms with Crippen molar-refractivity contribution >= 4 is 27.5 Å². The van der Waals surface area contributed by atoms with Crippen LogP contribution in [0.2, 0.25) is 0 Å². The lowest BCUT2D eigenvalue weighted by atomic mass is 10.00. The number of carbonyl (C=O) groups excluding carboxylic acids is 1. The zero-order valence-electron chi connectivity index (χ0n) is 16.0. The first-order chi connectivity index (χ1) is 14.8. The second-order valence-electron chi connectivity index (χ2n) is 6.84. The van der Waals surface area contributed by atoms with Crippen LogP contribution in [-0.2, 0) is 6.54 Å². The smallest absolute Gasteiger partial charge is 0.254 e. The quantitative estimate of drug-likeness (QED) is 0.440. The fourth-order valence-corrected chi connectivity index (χ4v) is 4.25. The van der Waals surface area contributed by atoms with E-state index in [1.54, 1.807) is 28.4 Å². The molecule has 0 aliphatic heterocycles. The first kappa shape index (κ1) is 18.3. The summed E-state index contributed by atoms with van der Waals surface area (Å²) in [5.74, 6) is -0.162. The molecule has 5 aromatic rings. The van der Waals surface area contributed by atoms with Gasteiger partial charge in [0.1, 0.15) is 0 Å². The standard InChI is InChI=1S/C24H18N4OS/c29-23(25-14-18-10-4-5-11-20(18)17-8-2-1-3-9-17)19-15-26-28(16-19)24-27-21-12-6-7-13-22(21)30-24/h1-13,15-16H,14H2,(H,25,29). The predicted molar refractivity (Wildman–Crippen MR) is 120 cm³/mol. The Bertz CT molecular complexity index is 1290. The van der Waals surface area contributed by atoms with Crippen molar-refractivity contribution in [2.24, 2.45) is 0 Å². The van der Waals surface area contributed by atoms with E-state index in [4.69, 9.17) is 0 Å². The summed E-state index contributed by atoms with van der Waals surface area (Å²) in [6.07, 6.45) is 3.29. The Morgan fingerprint density at radius 3 is 2.57 bits per heavy atom. The Labute approximate surface area is 177 Å². The Balaban J connectivity index is 1.33. The molecule has 0 bridgehead atoms. The molecule has 0 radical (unpaired) electrons. The van der Waals surface area contributed by atoms with Crippen molar-refractivity contribution in [3.8, 4) is 16.3 Å². The number of hydrogen-bond donors (Lipinski definition) is 1. The van der Waals surface area contributed by atoms with Gasteiger partial charge < -0.3 is 5.32 Å². The molecule has 5 rings (SSSR count). The number of para-hydroxylation sites is 1. The summed E-state index contributed by atoms with van der Waals surface area (Å²) in [4.78, 5) is 17.3. The number of aromatic nitrogens is 3. The fraction of sp³-hybridized carbons (Fsp3) is 0.0417. The van der Waals surface area contributed by atoms with Gasteiger partial charge in [0.25, 0.3) is 5.91 Å². The molecule has 3 aromatic carbocycles. The zero-order valence-corrected chi connectivity index (χ0v) is 16.8. The number of nitrogens with one attached hydrogen (secondary N) is 1. The van der Waals surface area contributed by atoms with Crippen molar-refractivity contribution in [1.82, 2.24) is 20.1 Å². The first-order valence-corrected chi connectivity index (χ1v) is 10.4. The van der Waals surface area contributed by atoms with E-state index in [1.807, 2.05) is 60.7 Å². The van der Waals surface area contributed by atoms with Crippen molar-refractivity contribution in [3.05, 3.63) is 102 Å². The van der Waals surface area contributed by atoms with E-state index in [9.17, 15) is 4.79 Å². The summed E-state index contributed by atoms with van der Waals surface area (Å²) in [7, 11) is 0. The zero-order chi connectivity index (χ0) is 20.3. The molecule has 0 atom stereocenters. The molecule has 5 nitrogen and oxygen atoms in total. The highest BCUT2D eigenvalue weighted by molar-refractivity contribution is 7.20. The second kappa shape index (κ2) is 7.93. The van der Waals surface area contributed by atoms with E-state index in [0.717, 1.165) is 32.0 Å². The summed E-state index contributed by atoms with van der Waals surface area (Å²) >= 11 is 1.54. The topological polar surface area (TPSA) is 59.8 Å². The normalized spacial score (nSPS) is 10.9. The Morgan fingerprint density at radius 2 is 1.70 bits per heavy atom. The van der Waals surface area contributed by atoms with Gasteiger partial charge in [-0.1, -0.05) is 78.1 Å². The van der Waals surface area contributed by atoms with Gasteiger partial charge in [0.15, 0.2) is 0 Å². The lowest BCUT2D eigenvalue weighted by Crippen LogP contribution is -2.22. The molecule has 0 saturated carbocycles. The molecule has 1 N–H and O–H groups in total. The maximum absolute atomic E-state index is 12.7. The van der Waals surface area contributed by atoms with Crippen LogP contribution in [0.1, 0.15) is 15.9 Å². The minimum absolute atomic E-state index is 0.162. The van der Waals surface area contributed by atoms with E-state index in [0.29, 0.717) is 12.1 Å². The molecule has 6 heteroatoms. The molecule has 0 saturated heterocycles. The highest BCUT2D eigenvalue weighted by Gasteiger charge is 2.13. The van der Waals surface area contributed by atoms with Gasteiger partial charge in [0, 0.05) is 12.7 Å². The van der Waals surface area contributed by atoms with Gasteiger partial charge in [-0.05, 0) is 28.8 Å². The lowest BCUT2D eigenvalue weighted by molar-refractivity contribution is 0.0951. The molecule has 0 aliphatic rings. The van der Waals surface area contributed by atoms with Gasteiger partial charge in [-0.3, -0.25) is 4.79 Å². The summed E-state index contributed by atoms with van der Waals surface area (Å²) < 4.78 is 2.74. The number of amides is 1. The average Bonchev–Trinajstić information content (AvgIpc) is 3.45. The second-order valence-corrected chi connectivity index (χ2v) is 7.85. The van der Waals surface area contributed by atoms with Crippen LogP contribution in [0, 0.1) is 0 Å². The summed E-state index contributed by atoms with van der Waals surface area (Å²) in [5, 5.41) is 8.07.